The molecule has 23 heavy (non-hydrogen) atoms. The molecule has 0 fully saturated rings. The lowest BCUT2D eigenvalue weighted by Crippen LogP contribution is -2.27. The summed E-state index contributed by atoms with van der Waals surface area (Å²) < 4.78 is 4.15. The fourth-order valence-electron chi connectivity index (χ4n) is 3.12. The van der Waals surface area contributed by atoms with Crippen molar-refractivity contribution in [2.45, 2.75) is 46.1 Å². The summed E-state index contributed by atoms with van der Waals surface area (Å²) in [6, 6.07) is 0. The van der Waals surface area contributed by atoms with Gasteiger partial charge in [0.2, 0.25) is 10.1 Å². The van der Waals surface area contributed by atoms with Gasteiger partial charge < -0.3 is 9.88 Å². The van der Waals surface area contributed by atoms with Gasteiger partial charge in [-0.05, 0) is 19.3 Å². The van der Waals surface area contributed by atoms with Crippen molar-refractivity contribution in [3.63, 3.8) is 0 Å². The van der Waals surface area contributed by atoms with Gasteiger partial charge in [-0.3, -0.25) is 0 Å². The summed E-state index contributed by atoms with van der Waals surface area (Å²) in [7, 11) is 0. The Hall–Kier alpha value is -1.96. The smallest absolute Gasteiger partial charge is 0.214 e. The van der Waals surface area contributed by atoms with Crippen molar-refractivity contribution >= 4 is 21.4 Å². The van der Waals surface area contributed by atoms with Crippen LogP contribution in [0.1, 0.15) is 43.5 Å². The Balaban J connectivity index is 1.43. The number of aryl methyl sites for hydroxylation is 2. The number of fused-ring (bicyclic) bond motifs is 2. The van der Waals surface area contributed by atoms with E-state index in [1.165, 1.54) is 0 Å². The number of hydrogen-bond acceptors (Lipinski definition) is 6. The highest BCUT2D eigenvalue weighted by Gasteiger charge is 2.24. The second kappa shape index (κ2) is 5.59. The molecule has 4 rings (SSSR count). The maximum atomic E-state index is 4.53. The number of nitrogens with zero attached hydrogens (tertiary/aromatic N) is 6. The molecule has 0 bridgehead atoms. The van der Waals surface area contributed by atoms with Crippen LogP contribution in [0.3, 0.4) is 0 Å². The Morgan fingerprint density at radius 1 is 1.39 bits per heavy atom. The maximum Gasteiger partial charge on any atom is 0.214 e. The Labute approximate surface area is 138 Å². The first-order valence-corrected chi connectivity index (χ1v) is 8.90. The zero-order valence-corrected chi connectivity index (χ0v) is 14.5. The first kappa shape index (κ1) is 14.6. The molecule has 0 unspecified atom stereocenters. The highest BCUT2D eigenvalue weighted by Crippen LogP contribution is 2.25. The molecule has 1 atom stereocenters. The minimum absolute atomic E-state index is 0.415. The predicted octanol–water partition coefficient (Wildman–Crippen LogP) is 2.49. The van der Waals surface area contributed by atoms with Crippen molar-refractivity contribution < 1.29 is 0 Å². The van der Waals surface area contributed by atoms with Gasteiger partial charge in [0.15, 0.2) is 0 Å². The molecule has 122 valence electrons. The fourth-order valence-corrected chi connectivity index (χ4v) is 3.96. The summed E-state index contributed by atoms with van der Waals surface area (Å²) in [6.45, 7) is 8.24. The standard InChI is InChI=1S/C15H21N7S/c1-9(2)13-19-18-12-5-4-11(8-21(12)13)6-16-14-20-22-7-10(3)17-15(22)23-14/h7,9,11H,4-6,8H2,1-3H3,(H,16,20)/t11-/m1/s1. The first-order chi connectivity index (χ1) is 11.1. The van der Waals surface area contributed by atoms with Gasteiger partial charge in [-0.2, -0.15) is 0 Å². The zero-order valence-electron chi connectivity index (χ0n) is 13.7. The average Bonchev–Trinajstić information content (AvgIpc) is 3.16. The number of rotatable bonds is 4. The molecule has 0 aromatic carbocycles. The Kier molecular flexibility index (Phi) is 3.56. The van der Waals surface area contributed by atoms with Crippen LogP contribution in [-0.4, -0.2) is 35.9 Å². The molecular formula is C15H21N7S. The van der Waals surface area contributed by atoms with Crippen molar-refractivity contribution in [2.24, 2.45) is 5.92 Å². The minimum atomic E-state index is 0.415. The maximum absolute atomic E-state index is 4.53. The zero-order chi connectivity index (χ0) is 16.0. The van der Waals surface area contributed by atoms with E-state index in [0.29, 0.717) is 11.8 Å². The third kappa shape index (κ3) is 2.71. The third-order valence-electron chi connectivity index (χ3n) is 4.29. The second-order valence-corrected chi connectivity index (χ2v) is 7.50. The van der Waals surface area contributed by atoms with Crippen molar-refractivity contribution in [1.82, 2.24) is 29.4 Å². The molecule has 8 heteroatoms. The van der Waals surface area contributed by atoms with Gasteiger partial charge in [-0.25, -0.2) is 9.50 Å². The molecule has 1 aliphatic heterocycles. The van der Waals surface area contributed by atoms with E-state index in [4.69, 9.17) is 0 Å². The monoisotopic (exact) mass is 331 g/mol. The van der Waals surface area contributed by atoms with Gasteiger partial charge >= 0.3 is 0 Å². The van der Waals surface area contributed by atoms with Gasteiger partial charge in [0.25, 0.3) is 0 Å². The average molecular weight is 331 g/mol. The van der Waals surface area contributed by atoms with E-state index < -0.39 is 0 Å². The normalized spacial score (nSPS) is 17.8. The lowest BCUT2D eigenvalue weighted by molar-refractivity contribution is 0.371. The van der Waals surface area contributed by atoms with Crippen LogP contribution < -0.4 is 5.32 Å². The fraction of sp³-hybridized carbons (Fsp3) is 0.600. The van der Waals surface area contributed by atoms with Gasteiger partial charge in [0.1, 0.15) is 11.6 Å². The van der Waals surface area contributed by atoms with E-state index in [2.05, 4.69) is 44.0 Å². The van der Waals surface area contributed by atoms with Crippen LogP contribution in [0, 0.1) is 12.8 Å². The molecule has 1 aliphatic rings. The van der Waals surface area contributed by atoms with E-state index in [1.807, 2.05) is 17.6 Å². The van der Waals surface area contributed by atoms with E-state index in [-0.39, 0.29) is 0 Å². The molecule has 0 spiro atoms. The summed E-state index contributed by atoms with van der Waals surface area (Å²) in [5, 5.41) is 17.6. The van der Waals surface area contributed by atoms with Crippen molar-refractivity contribution in [1.29, 1.82) is 0 Å². The summed E-state index contributed by atoms with van der Waals surface area (Å²) in [6.07, 6.45) is 4.10. The van der Waals surface area contributed by atoms with Crippen LogP contribution in [0.25, 0.3) is 4.96 Å². The van der Waals surface area contributed by atoms with E-state index in [9.17, 15) is 0 Å². The van der Waals surface area contributed by atoms with Crippen LogP contribution in [0.4, 0.5) is 5.13 Å². The van der Waals surface area contributed by atoms with Gasteiger partial charge in [-0.15, -0.1) is 15.3 Å². The molecule has 4 heterocycles. The van der Waals surface area contributed by atoms with Crippen molar-refractivity contribution in [2.75, 3.05) is 11.9 Å². The molecule has 0 amide bonds. The summed E-state index contributed by atoms with van der Waals surface area (Å²) in [5.41, 5.74) is 1.00. The van der Waals surface area contributed by atoms with Crippen LogP contribution in [0.5, 0.6) is 0 Å². The summed E-state index contributed by atoms with van der Waals surface area (Å²) in [5.74, 6) is 3.23. The van der Waals surface area contributed by atoms with Crippen LogP contribution >= 0.6 is 11.3 Å². The van der Waals surface area contributed by atoms with Crippen molar-refractivity contribution in [3.8, 4) is 0 Å². The number of hydrogen-bond donors (Lipinski definition) is 1. The molecule has 0 radical (unpaired) electrons. The molecule has 3 aromatic heterocycles. The van der Waals surface area contributed by atoms with Crippen molar-refractivity contribution in [3.05, 3.63) is 23.5 Å². The number of imidazole rings is 1. The molecular weight excluding hydrogens is 310 g/mol. The largest absolute Gasteiger partial charge is 0.360 e. The molecule has 3 aromatic rings. The number of anilines is 1. The summed E-state index contributed by atoms with van der Waals surface area (Å²) in [4.78, 5) is 5.38. The lowest BCUT2D eigenvalue weighted by atomic mass is 9.99. The quantitative estimate of drug-likeness (QED) is 0.795. The topological polar surface area (TPSA) is 72.9 Å². The van der Waals surface area contributed by atoms with E-state index >= 15 is 0 Å². The molecule has 7 nitrogen and oxygen atoms in total. The molecule has 0 saturated carbocycles. The predicted molar refractivity (Wildman–Crippen MR) is 90.0 cm³/mol. The lowest BCUT2D eigenvalue weighted by Gasteiger charge is -2.25. The summed E-state index contributed by atoms with van der Waals surface area (Å²) >= 11 is 1.60. The molecule has 1 N–H and O–H groups in total. The van der Waals surface area contributed by atoms with E-state index in [0.717, 1.165) is 53.4 Å². The SMILES string of the molecule is Cc1cn2nc(NC[C@H]3CCc4nnc(C(C)C)n4C3)sc2n1. The van der Waals surface area contributed by atoms with Gasteiger partial charge in [0, 0.05) is 25.4 Å². The molecule has 0 saturated heterocycles. The van der Waals surface area contributed by atoms with Crippen LogP contribution in [0.2, 0.25) is 0 Å². The van der Waals surface area contributed by atoms with Crippen LogP contribution in [0.15, 0.2) is 6.20 Å². The number of aromatic nitrogens is 6. The Morgan fingerprint density at radius 3 is 3.04 bits per heavy atom. The highest BCUT2D eigenvalue weighted by atomic mass is 32.1. The molecule has 0 aliphatic carbocycles. The van der Waals surface area contributed by atoms with E-state index in [1.54, 1.807) is 11.3 Å². The highest BCUT2D eigenvalue weighted by molar-refractivity contribution is 7.20. The van der Waals surface area contributed by atoms with Gasteiger partial charge in [0.05, 0.1) is 11.9 Å². The Morgan fingerprint density at radius 2 is 2.26 bits per heavy atom. The third-order valence-corrected chi connectivity index (χ3v) is 5.18. The number of nitrogens with one attached hydrogen (secondary N) is 1. The first-order valence-electron chi connectivity index (χ1n) is 8.09. The minimum Gasteiger partial charge on any atom is -0.360 e. The van der Waals surface area contributed by atoms with Crippen LogP contribution in [-0.2, 0) is 13.0 Å². The van der Waals surface area contributed by atoms with Gasteiger partial charge in [-0.1, -0.05) is 25.2 Å². The second-order valence-electron chi connectivity index (χ2n) is 6.54. The Bertz CT molecular complexity index is 797.